The van der Waals surface area contributed by atoms with Crippen LogP contribution in [0.3, 0.4) is 0 Å². The molecule has 4 rings (SSSR count). The molecule has 27 heavy (non-hydrogen) atoms. The van der Waals surface area contributed by atoms with Crippen molar-refractivity contribution in [1.29, 1.82) is 0 Å². The second kappa shape index (κ2) is 7.46. The smallest absolute Gasteiger partial charge is 0.255 e. The lowest BCUT2D eigenvalue weighted by Crippen LogP contribution is -2.25. The SMILES string of the molecule is O=C(Nc1ccccc1N1CCCC1=O)c1ccc(-c2ccccc2)cc1. The third-order valence-corrected chi connectivity index (χ3v) is 4.77. The second-order valence-corrected chi connectivity index (χ2v) is 6.56. The van der Waals surface area contributed by atoms with Crippen molar-refractivity contribution in [2.24, 2.45) is 0 Å². The number of para-hydroxylation sites is 2. The number of amides is 2. The Bertz CT molecular complexity index is 965. The van der Waals surface area contributed by atoms with Crippen LogP contribution >= 0.6 is 0 Å². The van der Waals surface area contributed by atoms with E-state index >= 15 is 0 Å². The van der Waals surface area contributed by atoms with Crippen molar-refractivity contribution >= 4 is 23.2 Å². The fraction of sp³-hybridized carbons (Fsp3) is 0.130. The van der Waals surface area contributed by atoms with Gasteiger partial charge in [-0.05, 0) is 41.8 Å². The minimum atomic E-state index is -0.186. The number of carbonyl (C=O) groups excluding carboxylic acids is 2. The van der Waals surface area contributed by atoms with Gasteiger partial charge in [0.05, 0.1) is 11.4 Å². The van der Waals surface area contributed by atoms with E-state index in [2.05, 4.69) is 5.32 Å². The molecule has 1 aliphatic rings. The third-order valence-electron chi connectivity index (χ3n) is 4.77. The normalized spacial score (nSPS) is 13.6. The number of carbonyl (C=O) groups is 2. The minimum absolute atomic E-state index is 0.101. The van der Waals surface area contributed by atoms with Gasteiger partial charge in [-0.2, -0.15) is 0 Å². The molecule has 0 bridgehead atoms. The van der Waals surface area contributed by atoms with E-state index in [-0.39, 0.29) is 11.8 Å². The van der Waals surface area contributed by atoms with Crippen LogP contribution in [-0.4, -0.2) is 18.4 Å². The molecule has 0 unspecified atom stereocenters. The Morgan fingerprint density at radius 2 is 1.48 bits per heavy atom. The van der Waals surface area contributed by atoms with E-state index in [1.807, 2.05) is 78.9 Å². The minimum Gasteiger partial charge on any atom is -0.320 e. The Balaban J connectivity index is 1.54. The van der Waals surface area contributed by atoms with Gasteiger partial charge in [0, 0.05) is 18.5 Å². The van der Waals surface area contributed by atoms with Crippen molar-refractivity contribution in [1.82, 2.24) is 0 Å². The summed E-state index contributed by atoms with van der Waals surface area (Å²) in [7, 11) is 0. The summed E-state index contributed by atoms with van der Waals surface area (Å²) >= 11 is 0. The van der Waals surface area contributed by atoms with Crippen molar-refractivity contribution in [3.05, 3.63) is 84.4 Å². The third kappa shape index (κ3) is 3.60. The molecular weight excluding hydrogens is 336 g/mol. The van der Waals surface area contributed by atoms with Crippen LogP contribution in [0.5, 0.6) is 0 Å². The number of nitrogens with zero attached hydrogens (tertiary/aromatic N) is 1. The number of benzene rings is 3. The highest BCUT2D eigenvalue weighted by Gasteiger charge is 2.24. The van der Waals surface area contributed by atoms with E-state index in [1.54, 1.807) is 4.90 Å². The molecule has 4 heteroatoms. The summed E-state index contributed by atoms with van der Waals surface area (Å²) < 4.78 is 0. The van der Waals surface area contributed by atoms with E-state index in [0.29, 0.717) is 24.2 Å². The maximum atomic E-state index is 12.7. The molecule has 0 atom stereocenters. The Morgan fingerprint density at radius 1 is 0.815 bits per heavy atom. The first kappa shape index (κ1) is 17.0. The largest absolute Gasteiger partial charge is 0.320 e. The molecule has 3 aromatic rings. The standard InChI is InChI=1S/C23H20N2O2/c26-22-11-6-16-25(22)21-10-5-4-9-20(21)24-23(27)19-14-12-18(13-15-19)17-7-2-1-3-8-17/h1-5,7-10,12-15H,6,11,16H2,(H,24,27). The average Bonchev–Trinajstić information content (AvgIpc) is 3.15. The van der Waals surface area contributed by atoms with Crippen LogP contribution in [0.2, 0.25) is 0 Å². The average molecular weight is 356 g/mol. The summed E-state index contributed by atoms with van der Waals surface area (Å²) in [5.41, 5.74) is 4.17. The summed E-state index contributed by atoms with van der Waals surface area (Å²) in [6.45, 7) is 0.692. The number of nitrogens with one attached hydrogen (secondary N) is 1. The first-order valence-electron chi connectivity index (χ1n) is 9.08. The summed E-state index contributed by atoms with van der Waals surface area (Å²) in [6, 6.07) is 25.0. The molecule has 1 N–H and O–H groups in total. The van der Waals surface area contributed by atoms with E-state index in [4.69, 9.17) is 0 Å². The first-order valence-corrected chi connectivity index (χ1v) is 9.08. The van der Waals surface area contributed by atoms with Crippen LogP contribution in [0, 0.1) is 0 Å². The fourth-order valence-corrected chi connectivity index (χ4v) is 3.36. The Kier molecular flexibility index (Phi) is 4.71. The van der Waals surface area contributed by atoms with Gasteiger partial charge in [0.2, 0.25) is 5.91 Å². The van der Waals surface area contributed by atoms with Crippen molar-refractivity contribution in [2.45, 2.75) is 12.8 Å². The van der Waals surface area contributed by atoms with Crippen LogP contribution in [0.4, 0.5) is 11.4 Å². The van der Waals surface area contributed by atoms with Crippen molar-refractivity contribution in [2.75, 3.05) is 16.8 Å². The summed E-state index contributed by atoms with van der Waals surface area (Å²) in [5, 5.41) is 2.95. The Labute approximate surface area is 158 Å². The molecule has 0 aromatic heterocycles. The van der Waals surface area contributed by atoms with Gasteiger partial charge in [0.1, 0.15) is 0 Å². The summed E-state index contributed by atoms with van der Waals surface area (Å²) in [5.74, 6) is -0.0855. The van der Waals surface area contributed by atoms with Crippen LogP contribution < -0.4 is 10.2 Å². The molecule has 0 aliphatic carbocycles. The highest BCUT2D eigenvalue weighted by molar-refractivity contribution is 6.08. The summed E-state index contributed by atoms with van der Waals surface area (Å²) in [6.07, 6.45) is 1.41. The molecule has 1 saturated heterocycles. The topological polar surface area (TPSA) is 49.4 Å². The molecule has 3 aromatic carbocycles. The van der Waals surface area contributed by atoms with Crippen LogP contribution in [0.1, 0.15) is 23.2 Å². The maximum absolute atomic E-state index is 12.7. The van der Waals surface area contributed by atoms with Crippen molar-refractivity contribution in [3.8, 4) is 11.1 Å². The molecule has 4 nitrogen and oxygen atoms in total. The van der Waals surface area contributed by atoms with Gasteiger partial charge in [-0.15, -0.1) is 0 Å². The number of hydrogen-bond acceptors (Lipinski definition) is 2. The highest BCUT2D eigenvalue weighted by atomic mass is 16.2. The number of anilines is 2. The number of rotatable bonds is 4. The molecule has 2 amide bonds. The van der Waals surface area contributed by atoms with Gasteiger partial charge in [0.25, 0.3) is 5.91 Å². The molecule has 1 aliphatic heterocycles. The lowest BCUT2D eigenvalue weighted by atomic mass is 10.0. The zero-order chi connectivity index (χ0) is 18.6. The molecule has 1 fully saturated rings. The highest BCUT2D eigenvalue weighted by Crippen LogP contribution is 2.30. The zero-order valence-electron chi connectivity index (χ0n) is 14.9. The molecule has 0 spiro atoms. The monoisotopic (exact) mass is 356 g/mol. The second-order valence-electron chi connectivity index (χ2n) is 6.56. The quantitative estimate of drug-likeness (QED) is 0.734. The zero-order valence-corrected chi connectivity index (χ0v) is 14.9. The van der Waals surface area contributed by atoms with E-state index in [1.165, 1.54) is 0 Å². The van der Waals surface area contributed by atoms with Crippen molar-refractivity contribution < 1.29 is 9.59 Å². The van der Waals surface area contributed by atoms with Crippen LogP contribution in [-0.2, 0) is 4.79 Å². The molecule has 1 heterocycles. The van der Waals surface area contributed by atoms with Gasteiger partial charge in [-0.3, -0.25) is 9.59 Å². The lowest BCUT2D eigenvalue weighted by molar-refractivity contribution is -0.117. The van der Waals surface area contributed by atoms with Gasteiger partial charge in [0.15, 0.2) is 0 Å². The van der Waals surface area contributed by atoms with E-state index in [9.17, 15) is 9.59 Å². The summed E-state index contributed by atoms with van der Waals surface area (Å²) in [4.78, 5) is 26.5. The maximum Gasteiger partial charge on any atom is 0.255 e. The van der Waals surface area contributed by atoms with E-state index < -0.39 is 0 Å². The van der Waals surface area contributed by atoms with Gasteiger partial charge < -0.3 is 10.2 Å². The van der Waals surface area contributed by atoms with Crippen molar-refractivity contribution in [3.63, 3.8) is 0 Å². The van der Waals surface area contributed by atoms with E-state index in [0.717, 1.165) is 23.2 Å². The predicted octanol–water partition coefficient (Wildman–Crippen LogP) is 4.73. The molecule has 134 valence electrons. The lowest BCUT2D eigenvalue weighted by Gasteiger charge is -2.20. The Morgan fingerprint density at radius 3 is 2.19 bits per heavy atom. The first-order chi connectivity index (χ1) is 13.2. The molecule has 0 saturated carbocycles. The van der Waals surface area contributed by atoms with Crippen LogP contribution in [0.15, 0.2) is 78.9 Å². The number of hydrogen-bond donors (Lipinski definition) is 1. The predicted molar refractivity (Wildman–Crippen MR) is 108 cm³/mol. The van der Waals surface area contributed by atoms with Gasteiger partial charge >= 0.3 is 0 Å². The van der Waals surface area contributed by atoms with Gasteiger partial charge in [-0.25, -0.2) is 0 Å². The fourth-order valence-electron chi connectivity index (χ4n) is 3.36. The Hall–Kier alpha value is -3.40. The van der Waals surface area contributed by atoms with Crippen LogP contribution in [0.25, 0.3) is 11.1 Å². The molecule has 0 radical (unpaired) electrons. The molecular formula is C23H20N2O2. The van der Waals surface area contributed by atoms with Gasteiger partial charge in [-0.1, -0.05) is 54.6 Å².